The minimum atomic E-state index is -1.81. The predicted octanol–water partition coefficient (Wildman–Crippen LogP) is 5.26. The van der Waals surface area contributed by atoms with Crippen LogP contribution in [0.15, 0.2) is 16.6 Å². The number of fused-ring (bicyclic) bond motifs is 2. The van der Waals surface area contributed by atoms with Gasteiger partial charge in [-0.1, -0.05) is 20.8 Å². The fourth-order valence-electron chi connectivity index (χ4n) is 2.52. The molecule has 1 heterocycles. The summed E-state index contributed by atoms with van der Waals surface area (Å²) in [6.07, 6.45) is 2.45. The quantitative estimate of drug-likeness (QED) is 0.674. The molecule has 1 aliphatic carbocycles. The number of hydrogen-bond acceptors (Lipinski definition) is 2. The van der Waals surface area contributed by atoms with Gasteiger partial charge in [-0.05, 0) is 59.0 Å². The molecule has 3 rings (SSSR count). The van der Waals surface area contributed by atoms with Gasteiger partial charge >= 0.3 is 0 Å². The SMILES string of the molecule is CC(C)(C)[Si](C)(C)Oc1ccc(Br)c2c1C1(CC1)CO2. The lowest BCUT2D eigenvalue weighted by atomic mass is 9.98. The van der Waals surface area contributed by atoms with Crippen LogP contribution in [0.25, 0.3) is 0 Å². The molecule has 1 aliphatic heterocycles. The van der Waals surface area contributed by atoms with Gasteiger partial charge in [0, 0.05) is 11.0 Å². The van der Waals surface area contributed by atoms with Crippen molar-refractivity contribution in [2.45, 2.75) is 57.2 Å². The fourth-order valence-corrected chi connectivity index (χ4v) is 3.99. The standard InChI is InChI=1S/C16H23BrO2Si/c1-15(2,3)20(4,5)19-12-7-6-11(17)14-13(12)16(8-9-16)10-18-14/h6-7H,8-10H2,1-5H3. The maximum atomic E-state index is 6.58. The van der Waals surface area contributed by atoms with Gasteiger partial charge in [-0.15, -0.1) is 0 Å². The Labute approximate surface area is 131 Å². The maximum absolute atomic E-state index is 6.58. The second kappa shape index (κ2) is 4.26. The van der Waals surface area contributed by atoms with E-state index in [1.807, 2.05) is 0 Å². The summed E-state index contributed by atoms with van der Waals surface area (Å²) in [6, 6.07) is 4.18. The molecule has 20 heavy (non-hydrogen) atoms. The molecule has 1 saturated carbocycles. The van der Waals surface area contributed by atoms with Crippen LogP contribution < -0.4 is 9.16 Å². The van der Waals surface area contributed by atoms with E-state index in [0.717, 1.165) is 22.6 Å². The molecule has 0 atom stereocenters. The van der Waals surface area contributed by atoms with E-state index in [2.05, 4.69) is 61.9 Å². The Morgan fingerprint density at radius 2 is 1.90 bits per heavy atom. The minimum Gasteiger partial charge on any atom is -0.543 e. The first-order valence-corrected chi connectivity index (χ1v) is 11.0. The topological polar surface area (TPSA) is 18.5 Å². The molecule has 0 radical (unpaired) electrons. The smallest absolute Gasteiger partial charge is 0.250 e. The predicted molar refractivity (Wildman–Crippen MR) is 88.4 cm³/mol. The van der Waals surface area contributed by atoms with Crippen molar-refractivity contribution < 1.29 is 9.16 Å². The molecule has 1 spiro atoms. The third-order valence-electron chi connectivity index (χ3n) is 5.12. The first-order valence-electron chi connectivity index (χ1n) is 7.31. The highest BCUT2D eigenvalue weighted by Gasteiger charge is 2.54. The van der Waals surface area contributed by atoms with Crippen LogP contribution in [0.3, 0.4) is 0 Å². The molecule has 0 saturated heterocycles. The molecule has 1 aromatic rings. The summed E-state index contributed by atoms with van der Waals surface area (Å²) in [5, 5.41) is 0.211. The Kier molecular flexibility index (Phi) is 3.08. The summed E-state index contributed by atoms with van der Waals surface area (Å²) < 4.78 is 13.6. The van der Waals surface area contributed by atoms with Crippen molar-refractivity contribution in [3.63, 3.8) is 0 Å². The van der Waals surface area contributed by atoms with Crippen molar-refractivity contribution in [1.29, 1.82) is 0 Å². The van der Waals surface area contributed by atoms with E-state index < -0.39 is 8.32 Å². The maximum Gasteiger partial charge on any atom is 0.250 e. The molecule has 110 valence electrons. The fraction of sp³-hybridized carbons (Fsp3) is 0.625. The van der Waals surface area contributed by atoms with Gasteiger partial charge in [0.2, 0.25) is 8.32 Å². The molecule has 2 aliphatic rings. The van der Waals surface area contributed by atoms with Crippen molar-refractivity contribution >= 4 is 24.2 Å². The van der Waals surface area contributed by atoms with Crippen molar-refractivity contribution in [3.8, 4) is 11.5 Å². The average Bonchev–Trinajstić information content (AvgIpc) is 2.96. The van der Waals surface area contributed by atoms with Crippen LogP contribution in [0, 0.1) is 0 Å². The van der Waals surface area contributed by atoms with Crippen molar-refractivity contribution in [3.05, 3.63) is 22.2 Å². The zero-order valence-corrected chi connectivity index (χ0v) is 15.6. The van der Waals surface area contributed by atoms with E-state index in [1.54, 1.807) is 0 Å². The molecular weight excluding hydrogens is 332 g/mol. The lowest BCUT2D eigenvalue weighted by Crippen LogP contribution is -2.44. The highest BCUT2D eigenvalue weighted by atomic mass is 79.9. The van der Waals surface area contributed by atoms with Gasteiger partial charge in [-0.3, -0.25) is 0 Å². The third-order valence-corrected chi connectivity index (χ3v) is 10.1. The van der Waals surface area contributed by atoms with Crippen LogP contribution >= 0.6 is 15.9 Å². The number of halogens is 1. The van der Waals surface area contributed by atoms with Crippen LogP contribution in [0.1, 0.15) is 39.2 Å². The summed E-state index contributed by atoms with van der Waals surface area (Å²) in [4.78, 5) is 0. The van der Waals surface area contributed by atoms with E-state index in [1.165, 1.54) is 18.4 Å². The van der Waals surface area contributed by atoms with Gasteiger partial charge in [0.1, 0.15) is 11.5 Å². The van der Waals surface area contributed by atoms with Crippen LogP contribution in [-0.4, -0.2) is 14.9 Å². The largest absolute Gasteiger partial charge is 0.543 e. The molecule has 1 aromatic carbocycles. The number of benzene rings is 1. The molecule has 0 N–H and O–H groups in total. The first kappa shape index (κ1) is 14.5. The van der Waals surface area contributed by atoms with Crippen molar-refractivity contribution in [2.75, 3.05) is 6.61 Å². The Balaban J connectivity index is 2.03. The van der Waals surface area contributed by atoms with E-state index in [9.17, 15) is 0 Å². The van der Waals surface area contributed by atoms with Gasteiger partial charge in [-0.25, -0.2) is 0 Å². The average molecular weight is 355 g/mol. The summed E-state index contributed by atoms with van der Waals surface area (Å²) >= 11 is 3.61. The number of ether oxygens (including phenoxy) is 1. The van der Waals surface area contributed by atoms with E-state index in [-0.39, 0.29) is 10.5 Å². The highest BCUT2D eigenvalue weighted by molar-refractivity contribution is 9.10. The molecule has 4 heteroatoms. The second-order valence-corrected chi connectivity index (χ2v) is 13.3. The lowest BCUT2D eigenvalue weighted by Gasteiger charge is -2.37. The number of hydrogen-bond donors (Lipinski definition) is 0. The summed E-state index contributed by atoms with van der Waals surface area (Å²) in [6.45, 7) is 12.3. The van der Waals surface area contributed by atoms with Crippen LogP contribution in [0.4, 0.5) is 0 Å². The monoisotopic (exact) mass is 354 g/mol. The summed E-state index contributed by atoms with van der Waals surface area (Å²) in [5.74, 6) is 2.07. The second-order valence-electron chi connectivity index (χ2n) is 7.68. The normalized spacial score (nSPS) is 19.7. The third kappa shape index (κ3) is 2.12. The van der Waals surface area contributed by atoms with Gasteiger partial charge < -0.3 is 9.16 Å². The molecule has 1 fully saturated rings. The van der Waals surface area contributed by atoms with Crippen LogP contribution in [0.2, 0.25) is 18.1 Å². The molecule has 0 unspecified atom stereocenters. The highest BCUT2D eigenvalue weighted by Crippen LogP contribution is 2.60. The van der Waals surface area contributed by atoms with Crippen LogP contribution in [0.5, 0.6) is 11.5 Å². The van der Waals surface area contributed by atoms with E-state index >= 15 is 0 Å². The number of rotatable bonds is 2. The zero-order chi connectivity index (χ0) is 14.8. The van der Waals surface area contributed by atoms with Crippen molar-refractivity contribution in [2.24, 2.45) is 0 Å². The van der Waals surface area contributed by atoms with Gasteiger partial charge in [-0.2, -0.15) is 0 Å². The molecular formula is C16H23BrO2Si. The first-order chi connectivity index (χ1) is 9.16. The minimum absolute atomic E-state index is 0.211. The van der Waals surface area contributed by atoms with Gasteiger partial charge in [0.05, 0.1) is 11.1 Å². The van der Waals surface area contributed by atoms with Gasteiger partial charge in [0.15, 0.2) is 0 Å². The summed E-state index contributed by atoms with van der Waals surface area (Å²) in [7, 11) is -1.81. The zero-order valence-electron chi connectivity index (χ0n) is 13.0. The van der Waals surface area contributed by atoms with E-state index in [4.69, 9.17) is 9.16 Å². The molecule has 0 amide bonds. The van der Waals surface area contributed by atoms with Gasteiger partial charge in [0.25, 0.3) is 0 Å². The lowest BCUT2D eigenvalue weighted by molar-refractivity contribution is 0.322. The molecule has 0 bridgehead atoms. The van der Waals surface area contributed by atoms with E-state index in [0.29, 0.717) is 0 Å². The summed E-state index contributed by atoms with van der Waals surface area (Å²) in [5.41, 5.74) is 1.56. The van der Waals surface area contributed by atoms with Crippen LogP contribution in [-0.2, 0) is 5.41 Å². The Morgan fingerprint density at radius 3 is 2.45 bits per heavy atom. The van der Waals surface area contributed by atoms with Crippen molar-refractivity contribution in [1.82, 2.24) is 0 Å². The Bertz CT molecular complexity index is 556. The molecule has 0 aromatic heterocycles. The Morgan fingerprint density at radius 1 is 1.25 bits per heavy atom. The Hall–Kier alpha value is -0.483. The molecule has 2 nitrogen and oxygen atoms in total.